The van der Waals surface area contributed by atoms with E-state index >= 15 is 0 Å². The van der Waals surface area contributed by atoms with E-state index in [4.69, 9.17) is 9.84 Å². The van der Waals surface area contributed by atoms with E-state index in [9.17, 15) is 4.79 Å². The van der Waals surface area contributed by atoms with Crippen molar-refractivity contribution in [1.82, 2.24) is 4.57 Å². The van der Waals surface area contributed by atoms with Crippen LogP contribution in [0.4, 0.5) is 0 Å². The Hall–Kier alpha value is -1.29. The van der Waals surface area contributed by atoms with Crippen molar-refractivity contribution in [2.75, 3.05) is 13.2 Å². The smallest absolute Gasteiger partial charge is 0.352 e. The quantitative estimate of drug-likeness (QED) is 0.705. The second kappa shape index (κ2) is 5.44. The molecule has 0 aliphatic carbocycles. The minimum absolute atomic E-state index is 0.335. The molecule has 1 heterocycles. The molecule has 0 aromatic carbocycles. The van der Waals surface area contributed by atoms with E-state index in [1.54, 1.807) is 22.9 Å². The maximum Gasteiger partial charge on any atom is 0.352 e. The molecule has 0 aliphatic heterocycles. The van der Waals surface area contributed by atoms with Crippen molar-refractivity contribution in [2.45, 2.75) is 19.9 Å². The normalized spacial score (nSPS) is 10.4. The minimum atomic E-state index is -0.883. The molecule has 0 aliphatic rings. The lowest BCUT2D eigenvalue weighted by molar-refractivity contribution is 0.0683. The maximum atomic E-state index is 10.7. The van der Waals surface area contributed by atoms with Crippen LogP contribution in [0.15, 0.2) is 18.3 Å². The van der Waals surface area contributed by atoms with Gasteiger partial charge in [0, 0.05) is 26.0 Å². The van der Waals surface area contributed by atoms with Crippen LogP contribution in [0.3, 0.4) is 0 Å². The number of aromatic nitrogens is 1. The van der Waals surface area contributed by atoms with Gasteiger partial charge in [-0.05, 0) is 25.5 Å². The van der Waals surface area contributed by atoms with Gasteiger partial charge in [-0.1, -0.05) is 0 Å². The minimum Gasteiger partial charge on any atom is -0.477 e. The summed E-state index contributed by atoms with van der Waals surface area (Å²) in [6.45, 7) is 4.01. The molecule has 1 N–H and O–H groups in total. The molecule has 14 heavy (non-hydrogen) atoms. The van der Waals surface area contributed by atoms with Gasteiger partial charge in [0.15, 0.2) is 0 Å². The molecule has 1 rings (SSSR count). The van der Waals surface area contributed by atoms with Gasteiger partial charge in [-0.15, -0.1) is 0 Å². The summed E-state index contributed by atoms with van der Waals surface area (Å²) in [5.74, 6) is -0.883. The Labute approximate surface area is 83.1 Å². The topological polar surface area (TPSA) is 51.5 Å². The van der Waals surface area contributed by atoms with E-state index in [1.807, 2.05) is 6.92 Å². The number of hydrogen-bond donors (Lipinski definition) is 1. The zero-order chi connectivity index (χ0) is 10.4. The fourth-order valence-corrected chi connectivity index (χ4v) is 1.28. The maximum absolute atomic E-state index is 10.7. The molecule has 0 fully saturated rings. The lowest BCUT2D eigenvalue weighted by atomic mass is 10.4. The predicted octanol–water partition coefficient (Wildman–Crippen LogP) is 1.61. The number of ether oxygens (including phenoxy) is 1. The van der Waals surface area contributed by atoms with E-state index in [1.165, 1.54) is 0 Å². The number of carboxylic acids is 1. The summed E-state index contributed by atoms with van der Waals surface area (Å²) >= 11 is 0. The van der Waals surface area contributed by atoms with Crippen LogP contribution >= 0.6 is 0 Å². The van der Waals surface area contributed by atoms with E-state index in [0.29, 0.717) is 25.5 Å². The number of rotatable bonds is 6. The van der Waals surface area contributed by atoms with E-state index in [0.717, 1.165) is 6.42 Å². The van der Waals surface area contributed by atoms with Gasteiger partial charge in [0.2, 0.25) is 0 Å². The fourth-order valence-electron chi connectivity index (χ4n) is 1.28. The molecule has 0 spiro atoms. The van der Waals surface area contributed by atoms with E-state index in [2.05, 4.69) is 0 Å². The van der Waals surface area contributed by atoms with Crippen molar-refractivity contribution >= 4 is 5.97 Å². The first-order valence-electron chi connectivity index (χ1n) is 4.72. The Kier molecular flexibility index (Phi) is 4.19. The zero-order valence-corrected chi connectivity index (χ0v) is 8.27. The van der Waals surface area contributed by atoms with Crippen LogP contribution in [0.2, 0.25) is 0 Å². The van der Waals surface area contributed by atoms with Crippen LogP contribution in [0.5, 0.6) is 0 Å². The Balaban J connectivity index is 2.42. The van der Waals surface area contributed by atoms with Crippen molar-refractivity contribution in [3.63, 3.8) is 0 Å². The first kappa shape index (κ1) is 10.8. The van der Waals surface area contributed by atoms with Crippen LogP contribution in [0.1, 0.15) is 23.8 Å². The average Bonchev–Trinajstić information content (AvgIpc) is 2.60. The second-order valence-electron chi connectivity index (χ2n) is 2.94. The molecule has 78 valence electrons. The molecule has 1 aromatic rings. The number of aryl methyl sites for hydroxylation is 1. The van der Waals surface area contributed by atoms with Gasteiger partial charge in [0.1, 0.15) is 5.69 Å². The van der Waals surface area contributed by atoms with Crippen molar-refractivity contribution in [1.29, 1.82) is 0 Å². The highest BCUT2D eigenvalue weighted by molar-refractivity contribution is 5.85. The molecule has 0 atom stereocenters. The van der Waals surface area contributed by atoms with Crippen molar-refractivity contribution in [2.24, 2.45) is 0 Å². The van der Waals surface area contributed by atoms with E-state index < -0.39 is 5.97 Å². The number of carboxylic acid groups (broad SMARTS) is 1. The Bertz CT molecular complexity index is 293. The second-order valence-corrected chi connectivity index (χ2v) is 2.94. The summed E-state index contributed by atoms with van der Waals surface area (Å²) in [5, 5.41) is 8.81. The third-order valence-corrected chi connectivity index (χ3v) is 1.94. The van der Waals surface area contributed by atoms with Crippen molar-refractivity contribution in [3.8, 4) is 0 Å². The molecular weight excluding hydrogens is 182 g/mol. The lowest BCUT2D eigenvalue weighted by Gasteiger charge is -2.05. The predicted molar refractivity (Wildman–Crippen MR) is 52.5 cm³/mol. The Morgan fingerprint density at radius 3 is 3.07 bits per heavy atom. The van der Waals surface area contributed by atoms with Gasteiger partial charge in [-0.3, -0.25) is 0 Å². The third-order valence-electron chi connectivity index (χ3n) is 1.94. The average molecular weight is 197 g/mol. The SMILES string of the molecule is CCOCCCn1cccc1C(=O)O. The largest absolute Gasteiger partial charge is 0.477 e. The fraction of sp³-hybridized carbons (Fsp3) is 0.500. The number of carbonyl (C=O) groups is 1. The summed E-state index contributed by atoms with van der Waals surface area (Å²) < 4.78 is 6.89. The molecule has 0 saturated carbocycles. The highest BCUT2D eigenvalue weighted by Crippen LogP contribution is 2.03. The summed E-state index contributed by atoms with van der Waals surface area (Å²) in [6.07, 6.45) is 2.61. The molecule has 4 nitrogen and oxygen atoms in total. The van der Waals surface area contributed by atoms with Crippen molar-refractivity contribution in [3.05, 3.63) is 24.0 Å². The lowest BCUT2D eigenvalue weighted by Crippen LogP contribution is -2.09. The van der Waals surface area contributed by atoms with Gasteiger partial charge in [-0.2, -0.15) is 0 Å². The molecular formula is C10H15NO3. The Morgan fingerprint density at radius 2 is 2.43 bits per heavy atom. The first-order chi connectivity index (χ1) is 6.75. The standard InChI is InChI=1S/C10H15NO3/c1-2-14-8-4-7-11-6-3-5-9(11)10(12)13/h3,5-6H,2,4,7-8H2,1H3,(H,12,13). The monoisotopic (exact) mass is 197 g/mol. The van der Waals surface area contributed by atoms with Gasteiger partial charge in [-0.25, -0.2) is 4.79 Å². The summed E-state index contributed by atoms with van der Waals surface area (Å²) in [6, 6.07) is 3.34. The van der Waals surface area contributed by atoms with Crippen LogP contribution < -0.4 is 0 Å². The third kappa shape index (κ3) is 2.88. The van der Waals surface area contributed by atoms with Gasteiger partial charge >= 0.3 is 5.97 Å². The van der Waals surface area contributed by atoms with E-state index in [-0.39, 0.29) is 0 Å². The highest BCUT2D eigenvalue weighted by atomic mass is 16.5. The number of hydrogen-bond acceptors (Lipinski definition) is 2. The van der Waals surface area contributed by atoms with Gasteiger partial charge in [0.05, 0.1) is 0 Å². The molecule has 0 bridgehead atoms. The number of nitrogens with zero attached hydrogens (tertiary/aromatic N) is 1. The molecule has 0 amide bonds. The summed E-state index contributed by atoms with van der Waals surface area (Å²) in [7, 11) is 0. The molecule has 0 saturated heterocycles. The molecule has 1 aromatic heterocycles. The molecule has 4 heteroatoms. The molecule has 0 radical (unpaired) electrons. The van der Waals surface area contributed by atoms with Crippen LogP contribution in [-0.2, 0) is 11.3 Å². The summed E-state index contributed by atoms with van der Waals surface area (Å²) in [5.41, 5.74) is 0.335. The van der Waals surface area contributed by atoms with Gasteiger partial charge < -0.3 is 14.4 Å². The first-order valence-corrected chi connectivity index (χ1v) is 4.72. The highest BCUT2D eigenvalue weighted by Gasteiger charge is 2.07. The van der Waals surface area contributed by atoms with Gasteiger partial charge in [0.25, 0.3) is 0 Å². The number of aromatic carboxylic acids is 1. The zero-order valence-electron chi connectivity index (χ0n) is 8.27. The van der Waals surface area contributed by atoms with Crippen LogP contribution in [0.25, 0.3) is 0 Å². The van der Waals surface area contributed by atoms with Crippen LogP contribution in [-0.4, -0.2) is 28.9 Å². The molecule has 0 unspecified atom stereocenters. The Morgan fingerprint density at radius 1 is 1.64 bits per heavy atom. The van der Waals surface area contributed by atoms with Crippen molar-refractivity contribution < 1.29 is 14.6 Å². The van der Waals surface area contributed by atoms with Crippen LogP contribution in [0, 0.1) is 0 Å². The summed E-state index contributed by atoms with van der Waals surface area (Å²) in [4.78, 5) is 10.7.